The molecule has 1 fully saturated rings. The first-order chi connectivity index (χ1) is 9.73. The van der Waals surface area contributed by atoms with Crippen LogP contribution in [0.25, 0.3) is 0 Å². The molecule has 0 radical (unpaired) electrons. The molecule has 2 rings (SSSR count). The van der Waals surface area contributed by atoms with Crippen LogP contribution < -0.4 is 0 Å². The Hall–Kier alpha value is 0.01000. The first-order valence-electron chi connectivity index (χ1n) is 8.10. The van der Waals surface area contributed by atoms with Crippen molar-refractivity contribution in [2.24, 2.45) is 5.41 Å². The summed E-state index contributed by atoms with van der Waals surface area (Å²) in [5.41, 5.74) is 0.423. The number of nitrogens with zero attached hydrogens (tertiary/aromatic N) is 1. The molecule has 1 nitrogen and oxygen atoms in total. The standard InChI is InChI=1S/C17H29NS2/c1-3-9-17(14-19,10-4-2)13-18(15-7-8-15)12-16-6-5-11-20-16/h5-6,11,15,19H,3-4,7-10,12-14H2,1-2H3. The summed E-state index contributed by atoms with van der Waals surface area (Å²) in [5.74, 6) is 1.03. The summed E-state index contributed by atoms with van der Waals surface area (Å²) >= 11 is 6.62. The Balaban J connectivity index is 2.03. The normalized spacial score (nSPS) is 16.0. The van der Waals surface area contributed by atoms with E-state index >= 15 is 0 Å². The van der Waals surface area contributed by atoms with E-state index in [1.54, 1.807) is 0 Å². The summed E-state index contributed by atoms with van der Waals surface area (Å²) in [5, 5.41) is 2.20. The molecule has 0 spiro atoms. The molecule has 1 aliphatic rings. The van der Waals surface area contributed by atoms with Gasteiger partial charge >= 0.3 is 0 Å². The fraction of sp³-hybridized carbons (Fsp3) is 0.765. The highest BCUT2D eigenvalue weighted by molar-refractivity contribution is 7.80. The minimum atomic E-state index is 0.423. The molecule has 0 N–H and O–H groups in total. The molecule has 1 aliphatic carbocycles. The molecule has 3 heteroatoms. The Morgan fingerprint density at radius 2 is 2.00 bits per heavy atom. The summed E-state index contributed by atoms with van der Waals surface area (Å²) in [7, 11) is 0. The van der Waals surface area contributed by atoms with Gasteiger partial charge in [0, 0.05) is 24.0 Å². The first-order valence-corrected chi connectivity index (χ1v) is 9.61. The van der Waals surface area contributed by atoms with E-state index in [-0.39, 0.29) is 0 Å². The van der Waals surface area contributed by atoms with Crippen LogP contribution in [0.3, 0.4) is 0 Å². The maximum Gasteiger partial charge on any atom is 0.0331 e. The molecule has 0 aliphatic heterocycles. The summed E-state index contributed by atoms with van der Waals surface area (Å²) in [6.07, 6.45) is 7.98. The van der Waals surface area contributed by atoms with Gasteiger partial charge in [0.25, 0.3) is 0 Å². The average molecular weight is 312 g/mol. The van der Waals surface area contributed by atoms with Gasteiger partial charge in [-0.25, -0.2) is 0 Å². The van der Waals surface area contributed by atoms with Gasteiger partial charge in [0.15, 0.2) is 0 Å². The summed E-state index contributed by atoms with van der Waals surface area (Å²) < 4.78 is 0. The third kappa shape index (κ3) is 4.51. The van der Waals surface area contributed by atoms with Crippen molar-refractivity contribution in [2.75, 3.05) is 12.3 Å². The number of rotatable bonds is 10. The van der Waals surface area contributed by atoms with E-state index in [4.69, 9.17) is 12.6 Å². The quantitative estimate of drug-likeness (QED) is 0.579. The van der Waals surface area contributed by atoms with E-state index in [9.17, 15) is 0 Å². The second-order valence-corrected chi connectivity index (χ2v) is 7.72. The SMILES string of the molecule is CCCC(CS)(CCC)CN(Cc1cccs1)C1CC1. The van der Waals surface area contributed by atoms with Gasteiger partial charge in [-0.3, -0.25) is 4.90 Å². The largest absolute Gasteiger partial charge is 0.295 e. The Labute approximate surface area is 134 Å². The van der Waals surface area contributed by atoms with E-state index in [0.717, 1.165) is 18.3 Å². The molecule has 0 unspecified atom stereocenters. The van der Waals surface area contributed by atoms with Crippen LogP contribution in [0, 0.1) is 5.41 Å². The van der Waals surface area contributed by atoms with E-state index in [2.05, 4.69) is 36.3 Å². The van der Waals surface area contributed by atoms with Crippen molar-refractivity contribution < 1.29 is 0 Å². The highest BCUT2D eigenvalue weighted by atomic mass is 32.1. The Morgan fingerprint density at radius 3 is 2.45 bits per heavy atom. The van der Waals surface area contributed by atoms with Gasteiger partial charge < -0.3 is 0 Å². The Kier molecular flexibility index (Phi) is 6.44. The van der Waals surface area contributed by atoms with Crippen molar-refractivity contribution in [1.29, 1.82) is 0 Å². The van der Waals surface area contributed by atoms with Gasteiger partial charge in [-0.15, -0.1) is 11.3 Å². The molecule has 114 valence electrons. The Morgan fingerprint density at radius 1 is 1.30 bits per heavy atom. The summed E-state index contributed by atoms with van der Waals surface area (Å²) in [6.45, 7) is 7.01. The lowest BCUT2D eigenvalue weighted by atomic mass is 9.80. The molecular formula is C17H29NS2. The monoisotopic (exact) mass is 311 g/mol. The van der Waals surface area contributed by atoms with Crippen molar-refractivity contribution in [3.8, 4) is 0 Å². The van der Waals surface area contributed by atoms with Crippen molar-refractivity contribution in [2.45, 2.75) is 65.0 Å². The van der Waals surface area contributed by atoms with E-state index in [1.807, 2.05) is 11.3 Å². The zero-order chi connectivity index (χ0) is 14.4. The minimum Gasteiger partial charge on any atom is -0.295 e. The highest BCUT2D eigenvalue weighted by Crippen LogP contribution is 2.37. The zero-order valence-electron chi connectivity index (χ0n) is 13.0. The molecule has 0 bridgehead atoms. The molecule has 20 heavy (non-hydrogen) atoms. The topological polar surface area (TPSA) is 3.24 Å². The van der Waals surface area contributed by atoms with E-state index in [0.29, 0.717) is 5.41 Å². The number of thiophene rings is 1. The predicted molar refractivity (Wildman–Crippen MR) is 93.9 cm³/mol. The van der Waals surface area contributed by atoms with Crippen LogP contribution in [0.2, 0.25) is 0 Å². The zero-order valence-corrected chi connectivity index (χ0v) is 14.7. The summed E-state index contributed by atoms with van der Waals surface area (Å²) in [6, 6.07) is 5.29. The number of thiol groups is 1. The molecule has 0 atom stereocenters. The van der Waals surface area contributed by atoms with E-state index in [1.165, 1.54) is 49.9 Å². The predicted octanol–water partition coefficient (Wildman–Crippen LogP) is 5.23. The van der Waals surface area contributed by atoms with Crippen molar-refractivity contribution in [3.05, 3.63) is 22.4 Å². The van der Waals surface area contributed by atoms with Crippen LogP contribution in [-0.2, 0) is 6.54 Å². The lowest BCUT2D eigenvalue weighted by molar-refractivity contribution is 0.134. The molecular weight excluding hydrogens is 282 g/mol. The van der Waals surface area contributed by atoms with Crippen LogP contribution in [0.15, 0.2) is 17.5 Å². The number of hydrogen-bond donors (Lipinski definition) is 1. The lowest BCUT2D eigenvalue weighted by Gasteiger charge is -2.37. The second-order valence-electron chi connectivity index (χ2n) is 6.37. The Bertz CT molecular complexity index is 364. The third-order valence-corrected chi connectivity index (χ3v) is 5.97. The molecule has 0 saturated heterocycles. The lowest BCUT2D eigenvalue weighted by Crippen LogP contribution is -2.40. The van der Waals surface area contributed by atoms with Crippen molar-refractivity contribution >= 4 is 24.0 Å². The first kappa shape index (κ1) is 16.4. The average Bonchev–Trinajstić information content (AvgIpc) is 3.17. The van der Waals surface area contributed by atoms with Gasteiger partial charge in [0.2, 0.25) is 0 Å². The van der Waals surface area contributed by atoms with Crippen LogP contribution in [0.5, 0.6) is 0 Å². The van der Waals surface area contributed by atoms with Gasteiger partial charge in [-0.2, -0.15) is 12.6 Å². The third-order valence-electron chi connectivity index (χ3n) is 4.44. The fourth-order valence-corrected chi connectivity index (χ4v) is 4.48. The van der Waals surface area contributed by atoms with Crippen molar-refractivity contribution in [3.63, 3.8) is 0 Å². The fourth-order valence-electron chi connectivity index (χ4n) is 3.34. The minimum absolute atomic E-state index is 0.423. The molecule has 1 saturated carbocycles. The van der Waals surface area contributed by atoms with Crippen LogP contribution >= 0.6 is 24.0 Å². The van der Waals surface area contributed by atoms with Crippen molar-refractivity contribution in [1.82, 2.24) is 4.90 Å². The second kappa shape index (κ2) is 7.86. The van der Waals surface area contributed by atoms with Crippen LogP contribution in [0.4, 0.5) is 0 Å². The summed E-state index contributed by atoms with van der Waals surface area (Å²) in [4.78, 5) is 4.26. The maximum absolute atomic E-state index is 4.72. The van der Waals surface area contributed by atoms with Crippen LogP contribution in [-0.4, -0.2) is 23.2 Å². The molecule has 1 heterocycles. The van der Waals surface area contributed by atoms with E-state index < -0.39 is 0 Å². The maximum atomic E-state index is 4.72. The van der Waals surface area contributed by atoms with Gasteiger partial charge in [0.1, 0.15) is 0 Å². The molecule has 0 amide bonds. The van der Waals surface area contributed by atoms with Gasteiger partial charge in [-0.1, -0.05) is 32.8 Å². The smallest absolute Gasteiger partial charge is 0.0331 e. The van der Waals surface area contributed by atoms with Gasteiger partial charge in [-0.05, 0) is 48.3 Å². The van der Waals surface area contributed by atoms with Crippen LogP contribution in [0.1, 0.15) is 57.2 Å². The van der Waals surface area contributed by atoms with Gasteiger partial charge in [0.05, 0.1) is 0 Å². The molecule has 1 aromatic heterocycles. The number of hydrogen-bond acceptors (Lipinski definition) is 3. The molecule has 1 aromatic rings. The molecule has 0 aromatic carbocycles. The highest BCUT2D eigenvalue weighted by Gasteiger charge is 2.36.